The quantitative estimate of drug-likeness (QED) is 0.679. The van der Waals surface area contributed by atoms with Crippen molar-refractivity contribution >= 4 is 17.3 Å². The fourth-order valence-corrected chi connectivity index (χ4v) is 2.97. The predicted octanol–water partition coefficient (Wildman–Crippen LogP) is 3.59. The highest BCUT2D eigenvalue weighted by atomic mass is 32.1. The van der Waals surface area contributed by atoms with Crippen molar-refractivity contribution in [2.45, 2.75) is 6.61 Å². The summed E-state index contributed by atoms with van der Waals surface area (Å²) in [5.41, 5.74) is 1.51. The number of aromatic hydroxyl groups is 2. The third-order valence-electron chi connectivity index (χ3n) is 3.42. The number of benzene rings is 2. The lowest BCUT2D eigenvalue weighted by atomic mass is 10.2. The molecule has 3 rings (SSSR count). The van der Waals surface area contributed by atoms with Gasteiger partial charge in [-0.2, -0.15) is 0 Å². The monoisotopic (exact) mass is 357 g/mol. The minimum absolute atomic E-state index is 0.0129. The first kappa shape index (κ1) is 16.8. The molecular formula is C18H15NO5S. The van der Waals surface area contributed by atoms with E-state index >= 15 is 0 Å². The number of methoxy groups -OCH3 is 1. The van der Waals surface area contributed by atoms with Crippen molar-refractivity contribution in [3.05, 3.63) is 59.1 Å². The Morgan fingerprint density at radius 1 is 1.20 bits per heavy atom. The van der Waals surface area contributed by atoms with E-state index < -0.39 is 5.97 Å². The van der Waals surface area contributed by atoms with E-state index in [1.54, 1.807) is 12.5 Å². The Labute approximate surface area is 147 Å². The van der Waals surface area contributed by atoms with Crippen molar-refractivity contribution in [3.8, 4) is 27.8 Å². The van der Waals surface area contributed by atoms with Gasteiger partial charge in [0.2, 0.25) is 0 Å². The Bertz CT molecular complexity index is 906. The van der Waals surface area contributed by atoms with Crippen LogP contribution in [0.5, 0.6) is 17.2 Å². The van der Waals surface area contributed by atoms with Gasteiger partial charge in [0.1, 0.15) is 34.4 Å². The zero-order valence-corrected chi connectivity index (χ0v) is 14.1. The molecule has 6 nitrogen and oxygen atoms in total. The third kappa shape index (κ3) is 3.89. The Balaban J connectivity index is 1.68. The zero-order chi connectivity index (χ0) is 17.8. The van der Waals surface area contributed by atoms with Crippen molar-refractivity contribution in [3.63, 3.8) is 0 Å². The summed E-state index contributed by atoms with van der Waals surface area (Å²) < 4.78 is 10.4. The highest BCUT2D eigenvalue weighted by Crippen LogP contribution is 2.27. The van der Waals surface area contributed by atoms with E-state index in [-0.39, 0.29) is 23.7 Å². The van der Waals surface area contributed by atoms with E-state index in [0.29, 0.717) is 5.69 Å². The molecule has 1 aromatic heterocycles. The summed E-state index contributed by atoms with van der Waals surface area (Å²) >= 11 is 1.43. The molecule has 3 aromatic rings. The molecule has 0 saturated carbocycles. The van der Waals surface area contributed by atoms with Gasteiger partial charge in [0.25, 0.3) is 0 Å². The van der Waals surface area contributed by atoms with Crippen LogP contribution in [-0.2, 0) is 11.3 Å². The van der Waals surface area contributed by atoms with E-state index in [0.717, 1.165) is 22.4 Å². The van der Waals surface area contributed by atoms with Crippen LogP contribution in [0.1, 0.15) is 16.1 Å². The smallest absolute Gasteiger partial charge is 0.342 e. The Morgan fingerprint density at radius 2 is 2.04 bits per heavy atom. The molecule has 0 spiro atoms. The fourth-order valence-electron chi connectivity index (χ4n) is 2.17. The highest BCUT2D eigenvalue weighted by molar-refractivity contribution is 7.13. The molecule has 1 heterocycles. The summed E-state index contributed by atoms with van der Waals surface area (Å²) in [6.07, 6.45) is 0. The molecule has 0 saturated heterocycles. The van der Waals surface area contributed by atoms with E-state index in [2.05, 4.69) is 4.98 Å². The van der Waals surface area contributed by atoms with Crippen LogP contribution in [0.3, 0.4) is 0 Å². The van der Waals surface area contributed by atoms with Gasteiger partial charge in [-0.15, -0.1) is 11.3 Å². The van der Waals surface area contributed by atoms with Crippen LogP contribution in [-0.4, -0.2) is 28.3 Å². The molecule has 0 radical (unpaired) electrons. The molecule has 0 atom stereocenters. The van der Waals surface area contributed by atoms with Crippen LogP contribution in [0.25, 0.3) is 10.6 Å². The van der Waals surface area contributed by atoms with Gasteiger partial charge in [0, 0.05) is 17.0 Å². The second kappa shape index (κ2) is 7.23. The number of phenols is 2. The van der Waals surface area contributed by atoms with Crippen LogP contribution in [0.15, 0.2) is 47.8 Å². The van der Waals surface area contributed by atoms with Gasteiger partial charge in [0.05, 0.1) is 12.8 Å². The van der Waals surface area contributed by atoms with Crippen molar-refractivity contribution in [2.24, 2.45) is 0 Å². The lowest BCUT2D eigenvalue weighted by Gasteiger charge is -2.05. The first-order valence-corrected chi connectivity index (χ1v) is 8.22. The summed E-state index contributed by atoms with van der Waals surface area (Å²) in [5.74, 6) is -0.409. The first-order valence-electron chi connectivity index (χ1n) is 7.35. The van der Waals surface area contributed by atoms with Gasteiger partial charge in [0.15, 0.2) is 0 Å². The number of phenolic OH excluding ortho intramolecular Hbond substituents is 2. The molecule has 0 aliphatic rings. The average molecular weight is 357 g/mol. The number of thiazole rings is 1. The van der Waals surface area contributed by atoms with Crippen LogP contribution >= 0.6 is 11.3 Å². The highest BCUT2D eigenvalue weighted by Gasteiger charge is 2.14. The van der Waals surface area contributed by atoms with Crippen molar-refractivity contribution in [1.82, 2.24) is 4.98 Å². The lowest BCUT2D eigenvalue weighted by molar-refractivity contribution is 0.0465. The van der Waals surface area contributed by atoms with Crippen molar-refractivity contribution in [2.75, 3.05) is 7.11 Å². The largest absolute Gasteiger partial charge is 0.508 e. The molecule has 0 aliphatic carbocycles. The number of carbonyl (C=O) groups excluding carboxylic acids is 1. The van der Waals surface area contributed by atoms with Gasteiger partial charge in [-0.1, -0.05) is 12.1 Å². The summed E-state index contributed by atoms with van der Waals surface area (Å²) in [7, 11) is 1.60. The predicted molar refractivity (Wildman–Crippen MR) is 93.0 cm³/mol. The van der Waals surface area contributed by atoms with Gasteiger partial charge in [-0.3, -0.25) is 0 Å². The molecule has 7 heteroatoms. The molecule has 25 heavy (non-hydrogen) atoms. The fraction of sp³-hybridized carbons (Fsp3) is 0.111. The standard InChI is InChI=1S/C18H15NO5S/c1-23-14-4-2-3-11(7-14)17-19-12(10-25-17)9-24-18(22)15-6-5-13(20)8-16(15)21/h2-8,10,20-21H,9H2,1H3. The van der Waals surface area contributed by atoms with Gasteiger partial charge < -0.3 is 19.7 Å². The number of hydrogen-bond donors (Lipinski definition) is 2. The second-order valence-corrected chi connectivity index (χ2v) is 6.01. The lowest BCUT2D eigenvalue weighted by Crippen LogP contribution is -2.05. The number of aromatic nitrogens is 1. The molecule has 0 fully saturated rings. The SMILES string of the molecule is COc1cccc(-c2nc(COC(=O)c3ccc(O)cc3O)cs2)c1. The summed E-state index contributed by atoms with van der Waals surface area (Å²) in [4.78, 5) is 16.4. The Hall–Kier alpha value is -3.06. The molecule has 0 unspecified atom stereocenters. The molecule has 2 aromatic carbocycles. The number of hydrogen-bond acceptors (Lipinski definition) is 7. The van der Waals surface area contributed by atoms with Gasteiger partial charge in [-0.05, 0) is 24.3 Å². The first-order chi connectivity index (χ1) is 12.1. The minimum Gasteiger partial charge on any atom is -0.508 e. The summed E-state index contributed by atoms with van der Waals surface area (Å²) in [5, 5.41) is 21.5. The maximum Gasteiger partial charge on any atom is 0.342 e. The third-order valence-corrected chi connectivity index (χ3v) is 4.36. The van der Waals surface area contributed by atoms with Gasteiger partial charge >= 0.3 is 5.97 Å². The normalized spacial score (nSPS) is 10.4. The van der Waals surface area contributed by atoms with Crippen LogP contribution in [0.2, 0.25) is 0 Å². The maximum absolute atomic E-state index is 12.0. The summed E-state index contributed by atoms with van der Waals surface area (Å²) in [6, 6.07) is 11.2. The topological polar surface area (TPSA) is 88.9 Å². The van der Waals surface area contributed by atoms with Crippen molar-refractivity contribution in [1.29, 1.82) is 0 Å². The molecule has 0 aliphatic heterocycles. The van der Waals surface area contributed by atoms with E-state index in [1.165, 1.54) is 23.5 Å². The number of carbonyl (C=O) groups is 1. The van der Waals surface area contributed by atoms with Crippen molar-refractivity contribution < 1.29 is 24.5 Å². The number of nitrogens with zero attached hydrogens (tertiary/aromatic N) is 1. The average Bonchev–Trinajstić information content (AvgIpc) is 3.09. The zero-order valence-electron chi connectivity index (χ0n) is 13.3. The summed E-state index contributed by atoms with van der Waals surface area (Å²) in [6.45, 7) is -0.0143. The van der Waals surface area contributed by atoms with Crippen LogP contribution < -0.4 is 4.74 Å². The van der Waals surface area contributed by atoms with E-state index in [1.807, 2.05) is 24.3 Å². The molecule has 128 valence electrons. The number of esters is 1. The van der Waals surface area contributed by atoms with Gasteiger partial charge in [-0.25, -0.2) is 9.78 Å². The van der Waals surface area contributed by atoms with Crippen LogP contribution in [0, 0.1) is 0 Å². The maximum atomic E-state index is 12.0. The molecular weight excluding hydrogens is 342 g/mol. The Morgan fingerprint density at radius 3 is 2.80 bits per heavy atom. The second-order valence-electron chi connectivity index (χ2n) is 5.15. The van der Waals surface area contributed by atoms with E-state index in [9.17, 15) is 15.0 Å². The van der Waals surface area contributed by atoms with E-state index in [4.69, 9.17) is 9.47 Å². The number of ether oxygens (including phenoxy) is 2. The minimum atomic E-state index is -0.687. The molecule has 0 bridgehead atoms. The molecule has 2 N–H and O–H groups in total. The van der Waals surface area contributed by atoms with Crippen LogP contribution in [0.4, 0.5) is 0 Å². The molecule has 0 amide bonds. The number of rotatable bonds is 5. The Kier molecular flexibility index (Phi) is 4.85.